The van der Waals surface area contributed by atoms with Crippen molar-refractivity contribution in [3.8, 4) is 11.9 Å². The predicted molar refractivity (Wildman–Crippen MR) is 119 cm³/mol. The van der Waals surface area contributed by atoms with Crippen LogP contribution >= 0.6 is 35.6 Å². The van der Waals surface area contributed by atoms with E-state index in [-0.39, 0.29) is 24.0 Å². The van der Waals surface area contributed by atoms with Crippen LogP contribution in [0.1, 0.15) is 19.3 Å². The smallest absolute Gasteiger partial charge is 0.209 e. The molecule has 0 bridgehead atoms. The Hall–Kier alpha value is -2.05. The predicted octanol–water partition coefficient (Wildman–Crippen LogP) is 3.87. The maximum absolute atomic E-state index is 8.85. The number of aryl methyl sites for hydroxylation is 1. The summed E-state index contributed by atoms with van der Waals surface area (Å²) < 4.78 is 7.59. The third-order valence-electron chi connectivity index (χ3n) is 3.57. The molecule has 8 heteroatoms. The Bertz CT molecular complexity index is 744. The topological polar surface area (TPSA) is 73.3 Å². The number of benzene rings is 1. The molecular weight excluding hydrogens is 477 g/mol. The molecule has 0 aliphatic carbocycles. The molecule has 0 radical (unpaired) electrons. The van der Waals surface area contributed by atoms with Crippen molar-refractivity contribution in [2.24, 2.45) is 12.0 Å². The lowest BCUT2D eigenvalue weighted by Crippen LogP contribution is -2.29. The van der Waals surface area contributed by atoms with Crippen molar-refractivity contribution in [3.05, 3.63) is 53.8 Å². The van der Waals surface area contributed by atoms with Crippen molar-refractivity contribution in [1.82, 2.24) is 5.32 Å². The monoisotopic (exact) mass is 500 g/mol. The van der Waals surface area contributed by atoms with Gasteiger partial charge in [-0.05, 0) is 43.5 Å². The van der Waals surface area contributed by atoms with Crippen molar-refractivity contribution in [2.75, 3.05) is 18.5 Å². The highest BCUT2D eigenvalue weighted by Crippen LogP contribution is 2.15. The van der Waals surface area contributed by atoms with E-state index >= 15 is 0 Å². The first-order chi connectivity index (χ1) is 12.7. The van der Waals surface area contributed by atoms with Gasteiger partial charge >= 0.3 is 0 Å². The van der Waals surface area contributed by atoms with Gasteiger partial charge < -0.3 is 10.1 Å². The molecule has 0 unspecified atom stereocenters. The fourth-order valence-corrected chi connectivity index (χ4v) is 2.31. The zero-order chi connectivity index (χ0) is 18.6. The number of unbranched alkanes of at least 4 members (excludes halogenated alkanes) is 2. The van der Waals surface area contributed by atoms with Crippen LogP contribution in [-0.4, -0.2) is 19.1 Å². The largest absolute Gasteiger partial charge is 0.494 e. The second kappa shape index (κ2) is 13.2. The number of halogens is 2. The van der Waals surface area contributed by atoms with Gasteiger partial charge in [-0.2, -0.15) is 5.26 Å². The minimum atomic E-state index is 0. The minimum absolute atomic E-state index is 0. The standard InChI is InChI=1S/C19H22ClN5O.HI/c1-25-12-9-17(10-13-25)24-19(23-15-21)22-11-3-2-4-14-26-18-7-5-16(20)6-8-18;/h5-10,12-13H,2-4,11,14H2,1H3,(H,22,23);1H/p+1. The summed E-state index contributed by atoms with van der Waals surface area (Å²) in [7, 11) is 1.95. The number of nitrogens with one attached hydrogen (secondary N) is 2. The summed E-state index contributed by atoms with van der Waals surface area (Å²) in [6, 6.07) is 11.2. The molecule has 144 valence electrons. The van der Waals surface area contributed by atoms with Gasteiger partial charge in [0.05, 0.1) is 12.3 Å². The number of aromatic nitrogens is 1. The Balaban J connectivity index is 0.00000364. The van der Waals surface area contributed by atoms with Crippen LogP contribution in [-0.2, 0) is 7.05 Å². The third-order valence-corrected chi connectivity index (χ3v) is 3.82. The van der Waals surface area contributed by atoms with Gasteiger partial charge in [0, 0.05) is 23.7 Å². The lowest BCUT2D eigenvalue weighted by Gasteiger charge is -2.07. The highest BCUT2D eigenvalue weighted by molar-refractivity contribution is 14.0. The Morgan fingerprint density at radius 1 is 1.15 bits per heavy atom. The molecule has 2 N–H and O–H groups in total. The van der Waals surface area contributed by atoms with Crippen molar-refractivity contribution in [3.63, 3.8) is 0 Å². The molecule has 2 rings (SSSR count). The first-order valence-corrected chi connectivity index (χ1v) is 8.85. The molecular formula is C19H24ClIN5O+. The van der Waals surface area contributed by atoms with Crippen LogP contribution in [0.15, 0.2) is 53.8 Å². The van der Waals surface area contributed by atoms with E-state index in [0.29, 0.717) is 24.1 Å². The van der Waals surface area contributed by atoms with Crippen LogP contribution in [0, 0.1) is 11.5 Å². The maximum Gasteiger partial charge on any atom is 0.209 e. The van der Waals surface area contributed by atoms with E-state index in [1.807, 2.05) is 66.6 Å². The third kappa shape index (κ3) is 9.45. The Labute approximate surface area is 182 Å². The molecule has 27 heavy (non-hydrogen) atoms. The number of anilines is 1. The molecule has 1 aromatic carbocycles. The highest BCUT2D eigenvalue weighted by atomic mass is 127. The molecule has 6 nitrogen and oxygen atoms in total. The number of hydrogen-bond donors (Lipinski definition) is 2. The van der Waals surface area contributed by atoms with Gasteiger partial charge in [-0.25, -0.2) is 4.57 Å². The summed E-state index contributed by atoms with van der Waals surface area (Å²) in [6.45, 7) is 1.30. The van der Waals surface area contributed by atoms with Crippen LogP contribution in [0.4, 0.5) is 5.69 Å². The second-order valence-corrected chi connectivity index (χ2v) is 6.14. The number of hydrogen-bond acceptors (Lipinski definition) is 3. The lowest BCUT2D eigenvalue weighted by atomic mass is 10.2. The molecule has 0 saturated carbocycles. The average Bonchev–Trinajstić information content (AvgIpc) is 2.64. The SMILES string of the molecule is C[n+]1ccc(NC(=NCCCCCOc2ccc(Cl)cc2)NC#N)cc1.I. The Morgan fingerprint density at radius 3 is 2.52 bits per heavy atom. The summed E-state index contributed by atoms with van der Waals surface area (Å²) in [4.78, 5) is 4.41. The molecule has 0 aliphatic heterocycles. The van der Waals surface area contributed by atoms with E-state index in [9.17, 15) is 0 Å². The molecule has 0 saturated heterocycles. The number of guanidine groups is 1. The lowest BCUT2D eigenvalue weighted by molar-refractivity contribution is -0.671. The van der Waals surface area contributed by atoms with E-state index in [1.165, 1.54) is 0 Å². The van der Waals surface area contributed by atoms with Gasteiger partial charge in [0.1, 0.15) is 12.8 Å². The molecule has 2 aromatic rings. The molecule has 0 spiro atoms. The Kier molecular flexibility index (Phi) is 11.2. The average molecular weight is 501 g/mol. The molecule has 0 fully saturated rings. The normalized spacial score (nSPS) is 10.5. The number of aliphatic imine (C=N–C) groups is 1. The van der Waals surface area contributed by atoms with Crippen molar-refractivity contribution in [1.29, 1.82) is 5.26 Å². The zero-order valence-corrected chi connectivity index (χ0v) is 18.3. The number of rotatable bonds is 8. The van der Waals surface area contributed by atoms with Crippen LogP contribution in [0.2, 0.25) is 5.02 Å². The quantitative estimate of drug-likeness (QED) is 0.110. The molecule has 1 aromatic heterocycles. The fourth-order valence-electron chi connectivity index (χ4n) is 2.19. The summed E-state index contributed by atoms with van der Waals surface area (Å²) >= 11 is 5.84. The zero-order valence-electron chi connectivity index (χ0n) is 15.2. The number of nitriles is 1. The number of pyridine rings is 1. The maximum atomic E-state index is 8.85. The molecule has 0 amide bonds. The van der Waals surface area contributed by atoms with Gasteiger partial charge in [0.25, 0.3) is 0 Å². The fraction of sp³-hybridized carbons (Fsp3) is 0.316. The highest BCUT2D eigenvalue weighted by Gasteiger charge is 2.01. The number of ether oxygens (including phenoxy) is 1. The van der Waals surface area contributed by atoms with Gasteiger partial charge in [0.2, 0.25) is 5.96 Å². The van der Waals surface area contributed by atoms with Gasteiger partial charge in [-0.1, -0.05) is 11.6 Å². The summed E-state index contributed by atoms with van der Waals surface area (Å²) in [5.74, 6) is 1.28. The van der Waals surface area contributed by atoms with Gasteiger partial charge in [-0.3, -0.25) is 10.3 Å². The van der Waals surface area contributed by atoms with Gasteiger partial charge in [0.15, 0.2) is 18.6 Å². The number of nitrogens with zero attached hydrogens (tertiary/aromatic N) is 3. The summed E-state index contributed by atoms with van der Waals surface area (Å²) in [5.41, 5.74) is 0.876. The van der Waals surface area contributed by atoms with Gasteiger partial charge in [-0.15, -0.1) is 24.0 Å². The van der Waals surface area contributed by atoms with E-state index in [0.717, 1.165) is 30.7 Å². The van der Waals surface area contributed by atoms with E-state index in [2.05, 4.69) is 15.6 Å². The summed E-state index contributed by atoms with van der Waals surface area (Å²) in [5, 5.41) is 15.2. The van der Waals surface area contributed by atoms with E-state index in [4.69, 9.17) is 21.6 Å². The minimum Gasteiger partial charge on any atom is -0.494 e. The van der Waals surface area contributed by atoms with E-state index < -0.39 is 0 Å². The first-order valence-electron chi connectivity index (χ1n) is 8.47. The van der Waals surface area contributed by atoms with Crippen molar-refractivity contribution >= 4 is 47.2 Å². The Morgan fingerprint density at radius 2 is 1.85 bits per heavy atom. The summed E-state index contributed by atoms with van der Waals surface area (Å²) in [6.07, 6.45) is 8.62. The van der Waals surface area contributed by atoms with Crippen molar-refractivity contribution < 1.29 is 9.30 Å². The molecule has 1 heterocycles. The molecule has 0 atom stereocenters. The van der Waals surface area contributed by atoms with Crippen LogP contribution in [0.3, 0.4) is 0 Å². The first kappa shape index (κ1) is 23.0. The van der Waals surface area contributed by atoms with Crippen LogP contribution in [0.5, 0.6) is 5.75 Å². The van der Waals surface area contributed by atoms with E-state index in [1.54, 1.807) is 0 Å². The van der Waals surface area contributed by atoms with Crippen LogP contribution < -0.4 is 19.9 Å². The molecule has 0 aliphatic rings. The second-order valence-electron chi connectivity index (χ2n) is 5.71. The van der Waals surface area contributed by atoms with Crippen molar-refractivity contribution in [2.45, 2.75) is 19.3 Å². The van der Waals surface area contributed by atoms with Crippen LogP contribution in [0.25, 0.3) is 0 Å².